The van der Waals surface area contributed by atoms with Crippen LogP contribution in [0.3, 0.4) is 0 Å². The molecule has 2 N–H and O–H groups in total. The van der Waals surface area contributed by atoms with Crippen molar-refractivity contribution in [1.29, 1.82) is 0 Å². The van der Waals surface area contributed by atoms with Crippen molar-refractivity contribution in [3.63, 3.8) is 0 Å². The second-order valence-corrected chi connectivity index (χ2v) is 5.69. The fourth-order valence-corrected chi connectivity index (χ4v) is 1.91. The maximum Gasteiger partial charge on any atom is 0.223 e. The average molecular weight is 234 g/mol. The molecule has 0 radical (unpaired) electrons. The van der Waals surface area contributed by atoms with Gasteiger partial charge in [-0.3, -0.25) is 4.79 Å². The predicted molar refractivity (Wildman–Crippen MR) is 64.8 cm³/mol. The van der Waals surface area contributed by atoms with Crippen molar-refractivity contribution in [3.8, 4) is 0 Å². The van der Waals surface area contributed by atoms with Gasteiger partial charge < -0.3 is 10.6 Å². The zero-order valence-corrected chi connectivity index (χ0v) is 10.5. The molecule has 1 aliphatic heterocycles. The fourth-order valence-electron chi connectivity index (χ4n) is 1.91. The summed E-state index contributed by atoms with van der Waals surface area (Å²) >= 11 is 0. The predicted octanol–water partition coefficient (Wildman–Crippen LogP) is 1.34. The van der Waals surface area contributed by atoms with Crippen LogP contribution in [-0.2, 0) is 17.9 Å². The molecule has 0 bridgehead atoms. The van der Waals surface area contributed by atoms with E-state index in [9.17, 15) is 4.79 Å². The van der Waals surface area contributed by atoms with Crippen molar-refractivity contribution in [2.75, 3.05) is 5.73 Å². The molecule has 1 aromatic heterocycles. The van der Waals surface area contributed by atoms with Gasteiger partial charge in [-0.15, -0.1) is 0 Å². The number of anilines is 1. The lowest BCUT2D eigenvalue weighted by Crippen LogP contribution is -2.29. The van der Waals surface area contributed by atoms with Crippen LogP contribution in [0.15, 0.2) is 6.20 Å². The van der Waals surface area contributed by atoms with E-state index in [1.54, 1.807) is 6.20 Å². The molecule has 5 nitrogen and oxygen atoms in total. The average Bonchev–Trinajstić information content (AvgIpc) is 2.57. The third-order valence-corrected chi connectivity index (χ3v) is 2.71. The zero-order chi connectivity index (χ0) is 12.6. The summed E-state index contributed by atoms with van der Waals surface area (Å²) in [4.78, 5) is 22.0. The summed E-state index contributed by atoms with van der Waals surface area (Å²) in [6, 6.07) is 0. The first kappa shape index (κ1) is 11.8. The standard InChI is InChI=1S/C12H18N4O/c1-12(2,3)4-10(17)16-6-8-5-14-11(13)15-9(8)7-16/h5H,4,6-7H2,1-3H3,(H2,13,14,15). The number of hydrogen-bond donors (Lipinski definition) is 1. The Kier molecular flexibility index (Phi) is 2.77. The van der Waals surface area contributed by atoms with Crippen molar-refractivity contribution >= 4 is 11.9 Å². The third-order valence-electron chi connectivity index (χ3n) is 2.71. The molecule has 17 heavy (non-hydrogen) atoms. The van der Waals surface area contributed by atoms with Crippen LogP contribution >= 0.6 is 0 Å². The first-order valence-electron chi connectivity index (χ1n) is 5.73. The van der Waals surface area contributed by atoms with E-state index in [1.807, 2.05) is 4.90 Å². The maximum absolute atomic E-state index is 12.1. The number of nitrogens with zero attached hydrogens (tertiary/aromatic N) is 3. The Morgan fingerprint density at radius 1 is 1.47 bits per heavy atom. The van der Waals surface area contributed by atoms with Crippen LogP contribution in [0.1, 0.15) is 38.4 Å². The summed E-state index contributed by atoms with van der Waals surface area (Å²) < 4.78 is 0. The van der Waals surface area contributed by atoms with Gasteiger partial charge in [-0.25, -0.2) is 9.97 Å². The molecule has 1 aromatic rings. The first-order valence-corrected chi connectivity index (χ1v) is 5.73. The van der Waals surface area contributed by atoms with Crippen LogP contribution < -0.4 is 5.73 Å². The van der Waals surface area contributed by atoms with Gasteiger partial charge in [-0.2, -0.15) is 0 Å². The Morgan fingerprint density at radius 3 is 2.82 bits per heavy atom. The van der Waals surface area contributed by atoms with E-state index in [0.717, 1.165) is 11.3 Å². The summed E-state index contributed by atoms with van der Waals surface area (Å²) in [5.74, 6) is 0.433. The fraction of sp³-hybridized carbons (Fsp3) is 0.583. The van der Waals surface area contributed by atoms with Gasteiger partial charge in [0, 0.05) is 24.7 Å². The van der Waals surface area contributed by atoms with Crippen molar-refractivity contribution < 1.29 is 4.79 Å². The van der Waals surface area contributed by atoms with Gasteiger partial charge in [-0.05, 0) is 5.41 Å². The molecule has 5 heteroatoms. The topological polar surface area (TPSA) is 72.1 Å². The molecule has 0 aromatic carbocycles. The highest BCUT2D eigenvalue weighted by molar-refractivity contribution is 5.77. The lowest BCUT2D eigenvalue weighted by Gasteiger charge is -2.22. The molecule has 0 saturated carbocycles. The molecular formula is C12H18N4O. The molecule has 2 heterocycles. The van der Waals surface area contributed by atoms with E-state index < -0.39 is 0 Å². The Morgan fingerprint density at radius 2 is 2.18 bits per heavy atom. The highest BCUT2D eigenvalue weighted by atomic mass is 16.2. The van der Waals surface area contributed by atoms with E-state index in [0.29, 0.717) is 19.5 Å². The van der Waals surface area contributed by atoms with Crippen LogP contribution in [0.2, 0.25) is 0 Å². The highest BCUT2D eigenvalue weighted by Crippen LogP contribution is 2.25. The van der Waals surface area contributed by atoms with Gasteiger partial charge in [-0.1, -0.05) is 20.8 Å². The quantitative estimate of drug-likeness (QED) is 0.795. The lowest BCUT2D eigenvalue weighted by molar-refractivity contribution is -0.133. The van der Waals surface area contributed by atoms with E-state index >= 15 is 0 Å². The summed E-state index contributed by atoms with van der Waals surface area (Å²) in [6.45, 7) is 7.34. The first-order chi connectivity index (χ1) is 7.85. The second-order valence-electron chi connectivity index (χ2n) is 5.69. The summed E-state index contributed by atoms with van der Waals surface area (Å²) in [5.41, 5.74) is 7.42. The molecule has 0 atom stereocenters. The summed E-state index contributed by atoms with van der Waals surface area (Å²) in [5, 5.41) is 0. The van der Waals surface area contributed by atoms with Gasteiger partial charge in [0.05, 0.1) is 12.2 Å². The molecule has 1 aliphatic rings. The Balaban J connectivity index is 2.07. The number of nitrogen functional groups attached to an aromatic ring is 1. The highest BCUT2D eigenvalue weighted by Gasteiger charge is 2.27. The van der Waals surface area contributed by atoms with E-state index in [4.69, 9.17) is 5.73 Å². The van der Waals surface area contributed by atoms with Crippen LogP contribution in [-0.4, -0.2) is 20.8 Å². The van der Waals surface area contributed by atoms with Gasteiger partial charge >= 0.3 is 0 Å². The van der Waals surface area contributed by atoms with Gasteiger partial charge in [0.1, 0.15) is 0 Å². The largest absolute Gasteiger partial charge is 0.368 e. The minimum atomic E-state index is 0.0105. The molecule has 2 rings (SSSR count). The van der Waals surface area contributed by atoms with Gasteiger partial charge in [0.2, 0.25) is 11.9 Å². The lowest BCUT2D eigenvalue weighted by atomic mass is 9.92. The number of fused-ring (bicyclic) bond motifs is 1. The number of amides is 1. The summed E-state index contributed by atoms with van der Waals surface area (Å²) in [7, 11) is 0. The minimum absolute atomic E-state index is 0.0105. The van der Waals surface area contributed by atoms with Crippen molar-refractivity contribution in [2.45, 2.75) is 40.3 Å². The number of carbonyl (C=O) groups excluding carboxylic acids is 1. The molecule has 92 valence electrons. The van der Waals surface area contributed by atoms with Gasteiger partial charge in [0.15, 0.2) is 0 Å². The number of carbonyl (C=O) groups is 1. The third kappa shape index (κ3) is 2.72. The van der Waals surface area contributed by atoms with Crippen molar-refractivity contribution in [1.82, 2.24) is 14.9 Å². The molecule has 0 spiro atoms. The Bertz CT molecular complexity index is 450. The SMILES string of the molecule is CC(C)(C)CC(=O)N1Cc2cnc(N)nc2C1. The number of rotatable bonds is 1. The molecule has 1 amide bonds. The van der Waals surface area contributed by atoms with E-state index in [-0.39, 0.29) is 17.3 Å². The molecule has 0 unspecified atom stereocenters. The number of hydrogen-bond acceptors (Lipinski definition) is 4. The zero-order valence-electron chi connectivity index (χ0n) is 10.5. The molecular weight excluding hydrogens is 216 g/mol. The normalized spacial score (nSPS) is 14.9. The number of nitrogens with two attached hydrogens (primary N) is 1. The van der Waals surface area contributed by atoms with Crippen molar-refractivity contribution in [3.05, 3.63) is 17.5 Å². The van der Waals surface area contributed by atoms with Crippen molar-refractivity contribution in [2.24, 2.45) is 5.41 Å². The molecule has 0 aliphatic carbocycles. The van der Waals surface area contributed by atoms with Crippen LogP contribution in [0, 0.1) is 5.41 Å². The monoisotopic (exact) mass is 234 g/mol. The van der Waals surface area contributed by atoms with Crippen LogP contribution in [0.25, 0.3) is 0 Å². The second kappa shape index (κ2) is 3.98. The molecule has 0 fully saturated rings. The Labute approximate surface area is 101 Å². The summed E-state index contributed by atoms with van der Waals surface area (Å²) in [6.07, 6.45) is 2.26. The maximum atomic E-state index is 12.1. The number of aromatic nitrogens is 2. The molecule has 0 saturated heterocycles. The minimum Gasteiger partial charge on any atom is -0.368 e. The van der Waals surface area contributed by atoms with E-state index in [1.165, 1.54) is 0 Å². The smallest absolute Gasteiger partial charge is 0.223 e. The van der Waals surface area contributed by atoms with Crippen LogP contribution in [0.5, 0.6) is 0 Å². The van der Waals surface area contributed by atoms with E-state index in [2.05, 4.69) is 30.7 Å². The Hall–Kier alpha value is -1.65. The van der Waals surface area contributed by atoms with Crippen LogP contribution in [0.4, 0.5) is 5.95 Å². The van der Waals surface area contributed by atoms with Gasteiger partial charge in [0.25, 0.3) is 0 Å².